The van der Waals surface area contributed by atoms with E-state index in [0.29, 0.717) is 34.5 Å². The number of nitrogens with one attached hydrogen (secondary N) is 1. The van der Waals surface area contributed by atoms with Crippen molar-refractivity contribution in [1.82, 2.24) is 5.32 Å². The molecule has 0 bridgehead atoms. The second kappa shape index (κ2) is 7.09. The molecule has 0 saturated heterocycles. The average Bonchev–Trinajstić information content (AvgIpc) is 2.62. The minimum Gasteiger partial charge on any atom is -0.466 e. The highest BCUT2D eigenvalue weighted by Crippen LogP contribution is 2.41. The molecule has 0 fully saturated rings. The first-order valence-electron chi connectivity index (χ1n) is 7.85. The number of carbonyl (C=O) groups excluding carboxylic acids is 2. The third-order valence-electron chi connectivity index (χ3n) is 4.35. The molecule has 1 aromatic carbocycles. The first kappa shape index (κ1) is 17.8. The molecular weight excluding hydrogens is 393 g/mol. The third kappa shape index (κ3) is 3.14. The van der Waals surface area contributed by atoms with Crippen LogP contribution in [0, 0.1) is 5.82 Å². The van der Waals surface area contributed by atoms with Crippen molar-refractivity contribution >= 4 is 27.7 Å². The lowest BCUT2D eigenvalue weighted by molar-refractivity contribution is -0.136. The minimum atomic E-state index is -0.619. The second-order valence-electron chi connectivity index (χ2n) is 5.78. The summed E-state index contributed by atoms with van der Waals surface area (Å²) in [6.45, 7) is 2.12. The number of esters is 1. The van der Waals surface area contributed by atoms with E-state index < -0.39 is 17.7 Å². The van der Waals surface area contributed by atoms with Crippen molar-refractivity contribution in [2.45, 2.75) is 19.3 Å². The van der Waals surface area contributed by atoms with Gasteiger partial charge in [0.1, 0.15) is 12.4 Å². The summed E-state index contributed by atoms with van der Waals surface area (Å²) in [7, 11) is 1.30. The fraction of sp³-hybridized carbons (Fsp3) is 0.333. The van der Waals surface area contributed by atoms with Crippen LogP contribution in [0.25, 0.3) is 0 Å². The van der Waals surface area contributed by atoms with E-state index in [1.807, 2.05) is 6.92 Å². The van der Waals surface area contributed by atoms with Gasteiger partial charge in [0.15, 0.2) is 5.78 Å². The van der Waals surface area contributed by atoms with Gasteiger partial charge in [-0.2, -0.15) is 0 Å². The van der Waals surface area contributed by atoms with E-state index in [0.717, 1.165) is 0 Å². The summed E-state index contributed by atoms with van der Waals surface area (Å²) in [5.41, 5.74) is 2.81. The van der Waals surface area contributed by atoms with Gasteiger partial charge in [-0.15, -0.1) is 0 Å². The molecule has 25 heavy (non-hydrogen) atoms. The molecule has 1 atom stereocenters. The van der Waals surface area contributed by atoms with Gasteiger partial charge in [0, 0.05) is 22.9 Å². The van der Waals surface area contributed by atoms with Crippen molar-refractivity contribution in [3.8, 4) is 0 Å². The molecule has 1 aromatic rings. The molecule has 2 aliphatic heterocycles. The molecule has 2 heterocycles. The van der Waals surface area contributed by atoms with E-state index in [2.05, 4.69) is 21.2 Å². The summed E-state index contributed by atoms with van der Waals surface area (Å²) >= 11 is 3.17. The van der Waals surface area contributed by atoms with Crippen LogP contribution < -0.4 is 5.32 Å². The van der Waals surface area contributed by atoms with Gasteiger partial charge < -0.3 is 14.8 Å². The van der Waals surface area contributed by atoms with Crippen LogP contribution >= 0.6 is 15.9 Å². The molecule has 7 heteroatoms. The Kier molecular flexibility index (Phi) is 5.06. The fourth-order valence-corrected chi connectivity index (χ4v) is 3.63. The molecular formula is C18H17BrFNO4. The lowest BCUT2D eigenvalue weighted by Crippen LogP contribution is -2.38. The SMILES string of the molecule is CCC1=C(C(=O)OC)C(c2ccc(F)c(Br)c2)C2=C(COCC2=O)N1. The number of hydrogen-bond acceptors (Lipinski definition) is 5. The highest BCUT2D eigenvalue weighted by atomic mass is 79.9. The number of Topliss-reactive ketones (excluding diaryl/α,β-unsaturated/α-hetero) is 1. The molecule has 3 rings (SSSR count). The number of methoxy groups -OCH3 is 1. The molecule has 132 valence electrons. The Morgan fingerprint density at radius 1 is 1.44 bits per heavy atom. The highest BCUT2D eigenvalue weighted by Gasteiger charge is 2.40. The smallest absolute Gasteiger partial charge is 0.336 e. The summed E-state index contributed by atoms with van der Waals surface area (Å²) < 4.78 is 24.2. The van der Waals surface area contributed by atoms with Crippen molar-refractivity contribution in [2.24, 2.45) is 0 Å². The highest BCUT2D eigenvalue weighted by molar-refractivity contribution is 9.10. The Hall–Kier alpha value is -1.99. The summed E-state index contributed by atoms with van der Waals surface area (Å²) in [6.07, 6.45) is 0.550. The van der Waals surface area contributed by atoms with E-state index in [4.69, 9.17) is 9.47 Å². The zero-order chi connectivity index (χ0) is 18.1. The third-order valence-corrected chi connectivity index (χ3v) is 4.95. The number of rotatable bonds is 3. The van der Waals surface area contributed by atoms with Crippen molar-refractivity contribution < 1.29 is 23.5 Å². The van der Waals surface area contributed by atoms with Crippen LogP contribution in [0.4, 0.5) is 4.39 Å². The Balaban J connectivity index is 2.24. The molecule has 5 nitrogen and oxygen atoms in total. The van der Waals surface area contributed by atoms with Crippen LogP contribution in [0.3, 0.4) is 0 Å². The Morgan fingerprint density at radius 2 is 2.20 bits per heavy atom. The number of benzene rings is 1. The molecule has 0 radical (unpaired) electrons. The van der Waals surface area contributed by atoms with E-state index in [9.17, 15) is 14.0 Å². The van der Waals surface area contributed by atoms with Crippen LogP contribution in [0.2, 0.25) is 0 Å². The number of dihydropyridines is 1. The standard InChI is InChI=1S/C18H17BrFNO4/c1-3-12-17(18(23)24-2)15(9-4-5-11(20)10(19)6-9)16-13(21-12)7-25-8-14(16)22/h4-6,15,21H,3,7-8H2,1-2H3. The Labute approximate surface area is 153 Å². The van der Waals surface area contributed by atoms with E-state index in [-0.39, 0.29) is 23.5 Å². The summed E-state index contributed by atoms with van der Waals surface area (Å²) in [4.78, 5) is 25.0. The topological polar surface area (TPSA) is 64.6 Å². The molecule has 1 unspecified atom stereocenters. The first-order chi connectivity index (χ1) is 12.0. The predicted octanol–water partition coefficient (Wildman–Crippen LogP) is 2.97. The Morgan fingerprint density at radius 3 is 2.84 bits per heavy atom. The van der Waals surface area contributed by atoms with Gasteiger partial charge in [0.2, 0.25) is 0 Å². The Bertz CT molecular complexity index is 815. The van der Waals surface area contributed by atoms with E-state index >= 15 is 0 Å². The maximum absolute atomic E-state index is 13.7. The van der Waals surface area contributed by atoms with Crippen molar-refractivity contribution in [1.29, 1.82) is 0 Å². The first-order valence-corrected chi connectivity index (χ1v) is 8.64. The van der Waals surface area contributed by atoms with Gasteiger partial charge >= 0.3 is 5.97 Å². The fourth-order valence-electron chi connectivity index (χ4n) is 3.23. The molecule has 0 spiro atoms. The largest absolute Gasteiger partial charge is 0.466 e. The molecule has 0 amide bonds. The number of ether oxygens (including phenoxy) is 2. The van der Waals surface area contributed by atoms with Crippen LogP contribution in [0.5, 0.6) is 0 Å². The average molecular weight is 410 g/mol. The second-order valence-corrected chi connectivity index (χ2v) is 6.63. The van der Waals surface area contributed by atoms with Crippen LogP contribution in [-0.4, -0.2) is 32.1 Å². The molecule has 0 aromatic heterocycles. The number of allylic oxidation sites excluding steroid dienone is 1. The predicted molar refractivity (Wildman–Crippen MR) is 92.2 cm³/mol. The van der Waals surface area contributed by atoms with E-state index in [1.54, 1.807) is 12.1 Å². The van der Waals surface area contributed by atoms with E-state index in [1.165, 1.54) is 13.2 Å². The van der Waals surface area contributed by atoms with Crippen molar-refractivity contribution in [2.75, 3.05) is 20.3 Å². The maximum Gasteiger partial charge on any atom is 0.336 e. The lowest BCUT2D eigenvalue weighted by atomic mass is 9.77. The zero-order valence-electron chi connectivity index (χ0n) is 13.8. The summed E-state index contributed by atoms with van der Waals surface area (Å²) in [5, 5.41) is 3.15. The van der Waals surface area contributed by atoms with Crippen molar-refractivity contribution in [3.63, 3.8) is 0 Å². The van der Waals surface area contributed by atoms with Crippen LogP contribution in [0.15, 0.2) is 45.2 Å². The van der Waals surface area contributed by atoms with Gasteiger partial charge in [-0.05, 0) is 40.0 Å². The van der Waals surface area contributed by atoms with Gasteiger partial charge in [-0.1, -0.05) is 13.0 Å². The zero-order valence-corrected chi connectivity index (χ0v) is 15.4. The normalized spacial score (nSPS) is 20.3. The van der Waals surface area contributed by atoms with Gasteiger partial charge in [0.25, 0.3) is 0 Å². The lowest BCUT2D eigenvalue weighted by Gasteiger charge is -2.34. The van der Waals surface area contributed by atoms with Crippen LogP contribution in [-0.2, 0) is 19.1 Å². The van der Waals surface area contributed by atoms with Gasteiger partial charge in [-0.3, -0.25) is 4.79 Å². The number of halogens is 2. The van der Waals surface area contributed by atoms with Crippen molar-refractivity contribution in [3.05, 3.63) is 56.6 Å². The minimum absolute atomic E-state index is 0.0463. The quantitative estimate of drug-likeness (QED) is 0.777. The summed E-state index contributed by atoms with van der Waals surface area (Å²) in [6, 6.07) is 4.49. The molecule has 0 saturated carbocycles. The summed E-state index contributed by atoms with van der Waals surface area (Å²) in [5.74, 6) is -1.74. The number of hydrogen-bond donors (Lipinski definition) is 1. The molecule has 1 N–H and O–H groups in total. The maximum atomic E-state index is 13.7. The van der Waals surface area contributed by atoms with Crippen LogP contribution in [0.1, 0.15) is 24.8 Å². The molecule has 0 aliphatic carbocycles. The molecule has 2 aliphatic rings. The van der Waals surface area contributed by atoms with Gasteiger partial charge in [-0.25, -0.2) is 9.18 Å². The monoisotopic (exact) mass is 409 g/mol. The number of carbonyl (C=O) groups is 2. The van der Waals surface area contributed by atoms with Gasteiger partial charge in [0.05, 0.1) is 23.8 Å². The number of ketones is 1.